The van der Waals surface area contributed by atoms with E-state index in [-0.39, 0.29) is 11.6 Å². The molecule has 1 saturated heterocycles. The number of aromatic nitrogens is 2. The topological polar surface area (TPSA) is 57.8 Å². The minimum absolute atomic E-state index is 0.0557. The van der Waals surface area contributed by atoms with Crippen molar-refractivity contribution in [3.05, 3.63) is 27.9 Å². The summed E-state index contributed by atoms with van der Waals surface area (Å²) >= 11 is 0. The fourth-order valence-electron chi connectivity index (χ4n) is 1.89. The Hall–Kier alpha value is -1.16. The van der Waals surface area contributed by atoms with Crippen LogP contribution in [-0.4, -0.2) is 16.5 Å². The van der Waals surface area contributed by atoms with Crippen molar-refractivity contribution in [1.29, 1.82) is 0 Å². The first-order valence-electron chi connectivity index (χ1n) is 5.07. The summed E-state index contributed by atoms with van der Waals surface area (Å²) in [6.07, 6.45) is 3.51. The maximum Gasteiger partial charge on any atom is 0.251 e. The summed E-state index contributed by atoms with van der Waals surface area (Å²) in [7, 11) is 0. The first-order valence-corrected chi connectivity index (χ1v) is 5.07. The van der Waals surface area contributed by atoms with Gasteiger partial charge in [-0.25, -0.2) is 4.98 Å². The van der Waals surface area contributed by atoms with Crippen LogP contribution >= 0.6 is 0 Å². The molecule has 2 heterocycles. The Bertz CT molecular complexity index is 366. The molecular weight excluding hydrogens is 178 g/mol. The van der Waals surface area contributed by atoms with Crippen LogP contribution < -0.4 is 10.9 Å². The molecule has 0 amide bonds. The smallest absolute Gasteiger partial charge is 0.251 e. The molecule has 0 bridgehead atoms. The minimum Gasteiger partial charge on any atom is -0.311 e. The third-order valence-corrected chi connectivity index (χ3v) is 2.55. The van der Waals surface area contributed by atoms with Gasteiger partial charge in [0, 0.05) is 12.1 Å². The number of H-pyrrole nitrogens is 1. The van der Waals surface area contributed by atoms with Crippen molar-refractivity contribution in [2.75, 3.05) is 6.54 Å². The lowest BCUT2D eigenvalue weighted by Crippen LogP contribution is -2.29. The number of aryl methyl sites for hydroxylation is 1. The van der Waals surface area contributed by atoms with E-state index in [1.54, 1.807) is 6.07 Å². The summed E-state index contributed by atoms with van der Waals surface area (Å²) in [5.41, 5.74) is 0.825. The second kappa shape index (κ2) is 3.92. The average Bonchev–Trinajstić information content (AvgIpc) is 2.18. The number of hydrogen-bond donors (Lipinski definition) is 2. The highest BCUT2D eigenvalue weighted by Crippen LogP contribution is 2.19. The summed E-state index contributed by atoms with van der Waals surface area (Å²) in [5.74, 6) is 0.694. The van der Waals surface area contributed by atoms with Gasteiger partial charge in [-0.3, -0.25) is 4.79 Å². The third kappa shape index (κ3) is 2.01. The molecule has 1 aliphatic heterocycles. The minimum atomic E-state index is -0.0557. The molecule has 0 aliphatic carbocycles. The van der Waals surface area contributed by atoms with E-state index in [4.69, 9.17) is 0 Å². The van der Waals surface area contributed by atoms with E-state index < -0.39 is 0 Å². The summed E-state index contributed by atoms with van der Waals surface area (Å²) < 4.78 is 0. The van der Waals surface area contributed by atoms with E-state index in [0.717, 1.165) is 18.7 Å². The van der Waals surface area contributed by atoms with Gasteiger partial charge in [-0.1, -0.05) is 6.42 Å². The normalized spacial score (nSPS) is 22.2. The zero-order valence-corrected chi connectivity index (χ0v) is 8.34. The summed E-state index contributed by atoms with van der Waals surface area (Å²) in [6, 6.07) is 1.86. The number of nitrogens with zero attached hydrogens (tertiary/aromatic N) is 1. The number of hydrogen-bond acceptors (Lipinski definition) is 3. The van der Waals surface area contributed by atoms with Gasteiger partial charge in [0.2, 0.25) is 0 Å². The highest BCUT2D eigenvalue weighted by molar-refractivity contribution is 5.08. The molecule has 76 valence electrons. The van der Waals surface area contributed by atoms with Gasteiger partial charge in [0.15, 0.2) is 0 Å². The Morgan fingerprint density at radius 3 is 3.00 bits per heavy atom. The lowest BCUT2D eigenvalue weighted by molar-refractivity contribution is 0.404. The molecule has 1 unspecified atom stereocenters. The van der Waals surface area contributed by atoms with Gasteiger partial charge in [0.1, 0.15) is 5.82 Å². The van der Waals surface area contributed by atoms with Crippen LogP contribution in [0.5, 0.6) is 0 Å². The quantitative estimate of drug-likeness (QED) is 0.696. The highest BCUT2D eigenvalue weighted by Gasteiger charge is 2.16. The van der Waals surface area contributed by atoms with Crippen LogP contribution in [-0.2, 0) is 0 Å². The lowest BCUT2D eigenvalue weighted by Gasteiger charge is -2.22. The fraction of sp³-hybridized carbons (Fsp3) is 0.600. The van der Waals surface area contributed by atoms with Gasteiger partial charge in [-0.2, -0.15) is 0 Å². The zero-order valence-electron chi connectivity index (χ0n) is 8.34. The van der Waals surface area contributed by atoms with Crippen LogP contribution in [0.1, 0.15) is 36.8 Å². The maximum absolute atomic E-state index is 11.2. The molecule has 1 atom stereocenters. The van der Waals surface area contributed by atoms with Gasteiger partial charge in [0.25, 0.3) is 5.56 Å². The van der Waals surface area contributed by atoms with E-state index in [1.807, 2.05) is 6.92 Å². The number of nitrogens with one attached hydrogen (secondary N) is 2. The van der Waals surface area contributed by atoms with Crippen LogP contribution in [0, 0.1) is 6.92 Å². The Labute approximate surface area is 82.8 Å². The number of piperidine rings is 1. The standard InChI is InChI=1S/C10H15N3O/c1-7-12-9(6-10(14)13-7)8-4-2-3-5-11-8/h6,8,11H,2-5H2,1H3,(H,12,13,14). The Morgan fingerprint density at radius 2 is 2.36 bits per heavy atom. The van der Waals surface area contributed by atoms with Crippen LogP contribution in [0.4, 0.5) is 0 Å². The van der Waals surface area contributed by atoms with Gasteiger partial charge in [0.05, 0.1) is 5.69 Å². The molecule has 2 N–H and O–H groups in total. The lowest BCUT2D eigenvalue weighted by atomic mass is 10.0. The molecule has 1 aromatic rings. The van der Waals surface area contributed by atoms with E-state index in [9.17, 15) is 4.79 Å². The van der Waals surface area contributed by atoms with Crippen molar-refractivity contribution in [2.45, 2.75) is 32.2 Å². The molecule has 1 aliphatic rings. The molecule has 0 aromatic carbocycles. The predicted octanol–water partition coefficient (Wildman–Crippen LogP) is 0.893. The molecule has 0 saturated carbocycles. The molecule has 4 heteroatoms. The Kier molecular flexibility index (Phi) is 2.63. The number of rotatable bonds is 1. The number of aromatic amines is 1. The molecule has 14 heavy (non-hydrogen) atoms. The van der Waals surface area contributed by atoms with Crippen LogP contribution in [0.2, 0.25) is 0 Å². The molecule has 4 nitrogen and oxygen atoms in total. The molecule has 1 aromatic heterocycles. The van der Waals surface area contributed by atoms with Gasteiger partial charge in [-0.05, 0) is 26.3 Å². The summed E-state index contributed by atoms with van der Waals surface area (Å²) in [4.78, 5) is 18.2. The average molecular weight is 193 g/mol. The summed E-state index contributed by atoms with van der Waals surface area (Å²) in [6.45, 7) is 2.84. The van der Waals surface area contributed by atoms with Crippen molar-refractivity contribution in [2.24, 2.45) is 0 Å². The molecule has 2 rings (SSSR count). The van der Waals surface area contributed by atoms with Gasteiger partial charge in [-0.15, -0.1) is 0 Å². The monoisotopic (exact) mass is 193 g/mol. The van der Waals surface area contributed by atoms with Crippen molar-refractivity contribution < 1.29 is 0 Å². The van der Waals surface area contributed by atoms with E-state index in [0.29, 0.717) is 5.82 Å². The SMILES string of the molecule is Cc1nc(C2CCCCN2)cc(=O)[nH]1. The molecule has 0 radical (unpaired) electrons. The zero-order chi connectivity index (χ0) is 9.97. The largest absolute Gasteiger partial charge is 0.311 e. The fourth-order valence-corrected chi connectivity index (χ4v) is 1.89. The van der Waals surface area contributed by atoms with Crippen molar-refractivity contribution in [3.8, 4) is 0 Å². The highest BCUT2D eigenvalue weighted by atomic mass is 16.1. The third-order valence-electron chi connectivity index (χ3n) is 2.55. The summed E-state index contributed by atoms with van der Waals surface area (Å²) in [5, 5.41) is 3.37. The Morgan fingerprint density at radius 1 is 1.50 bits per heavy atom. The van der Waals surface area contributed by atoms with Crippen molar-refractivity contribution in [1.82, 2.24) is 15.3 Å². The second-order valence-corrected chi connectivity index (χ2v) is 3.76. The first-order chi connectivity index (χ1) is 6.75. The van der Waals surface area contributed by atoms with E-state index in [1.165, 1.54) is 12.8 Å². The van der Waals surface area contributed by atoms with E-state index in [2.05, 4.69) is 15.3 Å². The molecule has 0 spiro atoms. The van der Waals surface area contributed by atoms with Crippen LogP contribution in [0.25, 0.3) is 0 Å². The maximum atomic E-state index is 11.2. The molecular formula is C10H15N3O. The van der Waals surface area contributed by atoms with Crippen molar-refractivity contribution in [3.63, 3.8) is 0 Å². The van der Waals surface area contributed by atoms with Gasteiger partial charge >= 0.3 is 0 Å². The molecule has 1 fully saturated rings. The van der Waals surface area contributed by atoms with Crippen molar-refractivity contribution >= 4 is 0 Å². The van der Waals surface area contributed by atoms with Crippen LogP contribution in [0.3, 0.4) is 0 Å². The predicted molar refractivity (Wildman–Crippen MR) is 54.2 cm³/mol. The van der Waals surface area contributed by atoms with Gasteiger partial charge < -0.3 is 10.3 Å². The van der Waals surface area contributed by atoms with Crippen LogP contribution in [0.15, 0.2) is 10.9 Å². The van der Waals surface area contributed by atoms with E-state index >= 15 is 0 Å². The second-order valence-electron chi connectivity index (χ2n) is 3.76. The Balaban J connectivity index is 2.26. The first kappa shape index (κ1) is 9.40.